The second kappa shape index (κ2) is 10.2. The zero-order valence-corrected chi connectivity index (χ0v) is 20.0. The van der Waals surface area contributed by atoms with Crippen LogP contribution in [-0.4, -0.2) is 36.5 Å². The normalized spacial score (nSPS) is 18.0. The van der Waals surface area contributed by atoms with Crippen LogP contribution in [0.4, 0.5) is 5.69 Å². The number of thiophene rings is 1. The minimum Gasteiger partial charge on any atom is -0.305 e. The van der Waals surface area contributed by atoms with Crippen molar-refractivity contribution in [2.45, 2.75) is 38.1 Å². The van der Waals surface area contributed by atoms with E-state index in [2.05, 4.69) is 52.3 Å². The average Bonchev–Trinajstić information content (AvgIpc) is 3.34. The molecule has 1 saturated carbocycles. The van der Waals surface area contributed by atoms with Gasteiger partial charge in [-0.2, -0.15) is 11.3 Å². The van der Waals surface area contributed by atoms with E-state index in [1.165, 1.54) is 31.5 Å². The largest absolute Gasteiger partial charge is 0.305 e. The highest BCUT2D eigenvalue weighted by Crippen LogP contribution is 2.51. The number of anilines is 1. The van der Waals surface area contributed by atoms with Gasteiger partial charge in [0.25, 0.3) is 5.91 Å². The number of hydrogen-bond donors (Lipinski definition) is 0. The molecule has 2 aliphatic rings. The molecule has 1 aliphatic carbocycles. The Hall–Kier alpha value is -2.14. The molecule has 3 aromatic rings. The molecule has 1 aromatic heterocycles. The SMILES string of the molecule is Cl.O=C(c1ccsc1)N(c1ccccc1)C1CC2(CCN(CCc3ccccc3)CC2)C1. The summed E-state index contributed by atoms with van der Waals surface area (Å²) in [6.45, 7) is 3.52. The molecule has 0 unspecified atom stereocenters. The first-order valence-electron chi connectivity index (χ1n) is 11.4. The number of likely N-dealkylation sites (tertiary alicyclic amines) is 1. The van der Waals surface area contributed by atoms with Crippen molar-refractivity contribution in [2.75, 3.05) is 24.5 Å². The van der Waals surface area contributed by atoms with Crippen LogP contribution in [0.15, 0.2) is 77.5 Å². The molecule has 0 radical (unpaired) electrons. The lowest BCUT2D eigenvalue weighted by Gasteiger charge is -2.55. The van der Waals surface area contributed by atoms with Gasteiger partial charge in [0, 0.05) is 23.7 Å². The maximum absolute atomic E-state index is 13.3. The third kappa shape index (κ3) is 4.93. The van der Waals surface area contributed by atoms with Gasteiger partial charge in [0.2, 0.25) is 0 Å². The second-order valence-electron chi connectivity index (χ2n) is 9.16. The number of piperidine rings is 1. The number of nitrogens with zero attached hydrogens (tertiary/aromatic N) is 2. The van der Waals surface area contributed by atoms with Gasteiger partial charge >= 0.3 is 0 Å². The number of carbonyl (C=O) groups excluding carboxylic acids is 1. The van der Waals surface area contributed by atoms with Crippen LogP contribution in [0.25, 0.3) is 0 Å². The Morgan fingerprint density at radius 2 is 1.62 bits per heavy atom. The van der Waals surface area contributed by atoms with Crippen LogP contribution in [0.5, 0.6) is 0 Å². The molecular formula is C27H31ClN2OS. The molecule has 2 aromatic carbocycles. The number of benzene rings is 2. The van der Waals surface area contributed by atoms with Crippen LogP contribution in [0.1, 0.15) is 41.6 Å². The zero-order chi connectivity index (χ0) is 21.1. The second-order valence-corrected chi connectivity index (χ2v) is 9.94. The van der Waals surface area contributed by atoms with Gasteiger partial charge in [-0.15, -0.1) is 12.4 Å². The minimum absolute atomic E-state index is 0. The first kappa shape index (κ1) is 23.0. The first-order valence-corrected chi connectivity index (χ1v) is 12.3. The van der Waals surface area contributed by atoms with Gasteiger partial charge in [0.1, 0.15) is 0 Å². The van der Waals surface area contributed by atoms with Crippen molar-refractivity contribution in [1.29, 1.82) is 0 Å². The summed E-state index contributed by atoms with van der Waals surface area (Å²) in [6.07, 6.45) is 5.91. The summed E-state index contributed by atoms with van der Waals surface area (Å²) in [7, 11) is 0. The van der Waals surface area contributed by atoms with E-state index < -0.39 is 0 Å². The van der Waals surface area contributed by atoms with Crippen molar-refractivity contribution in [3.63, 3.8) is 0 Å². The Kier molecular flexibility index (Phi) is 7.34. The molecule has 2 fully saturated rings. The lowest BCUT2D eigenvalue weighted by atomic mass is 9.60. The van der Waals surface area contributed by atoms with Crippen LogP contribution in [0.3, 0.4) is 0 Å². The molecule has 0 N–H and O–H groups in total. The molecule has 1 spiro atoms. The van der Waals surface area contributed by atoms with Gasteiger partial charge in [0.15, 0.2) is 0 Å². The van der Waals surface area contributed by atoms with Crippen molar-refractivity contribution in [1.82, 2.24) is 4.90 Å². The van der Waals surface area contributed by atoms with Crippen LogP contribution < -0.4 is 4.90 Å². The molecule has 3 nitrogen and oxygen atoms in total. The maximum atomic E-state index is 13.3. The van der Waals surface area contributed by atoms with Crippen LogP contribution in [0, 0.1) is 5.41 Å². The lowest BCUT2D eigenvalue weighted by molar-refractivity contribution is 0.0157. The average molecular weight is 467 g/mol. The number of hydrogen-bond acceptors (Lipinski definition) is 3. The Morgan fingerprint density at radius 3 is 2.25 bits per heavy atom. The fourth-order valence-corrected chi connectivity index (χ4v) is 5.95. The zero-order valence-electron chi connectivity index (χ0n) is 18.4. The summed E-state index contributed by atoms with van der Waals surface area (Å²) in [6, 6.07) is 23.3. The van der Waals surface area contributed by atoms with E-state index >= 15 is 0 Å². The van der Waals surface area contributed by atoms with Crippen LogP contribution in [-0.2, 0) is 6.42 Å². The number of amides is 1. The maximum Gasteiger partial charge on any atom is 0.259 e. The topological polar surface area (TPSA) is 23.6 Å². The summed E-state index contributed by atoms with van der Waals surface area (Å²) in [5.74, 6) is 0.146. The van der Waals surface area contributed by atoms with E-state index in [0.29, 0.717) is 11.5 Å². The Balaban J connectivity index is 0.00000245. The standard InChI is InChI=1S/C27H30N2OS.ClH/c30-26(23-12-18-31-21-23)29(24-9-5-2-6-10-24)25-19-27(20-25)13-16-28(17-14-27)15-11-22-7-3-1-4-8-22;/h1-10,12,18,21,25H,11,13-17,19-20H2;1H. The predicted octanol–water partition coefficient (Wildman–Crippen LogP) is 6.30. The van der Waals surface area contributed by atoms with E-state index in [4.69, 9.17) is 0 Å². The molecule has 32 heavy (non-hydrogen) atoms. The number of para-hydroxylation sites is 1. The molecular weight excluding hydrogens is 436 g/mol. The van der Waals surface area contributed by atoms with Gasteiger partial charge in [-0.05, 0) is 79.8 Å². The monoisotopic (exact) mass is 466 g/mol. The smallest absolute Gasteiger partial charge is 0.259 e. The molecule has 168 valence electrons. The van der Waals surface area contributed by atoms with Gasteiger partial charge in [-0.25, -0.2) is 0 Å². The highest BCUT2D eigenvalue weighted by Gasteiger charge is 2.49. The van der Waals surface area contributed by atoms with Crippen molar-refractivity contribution in [3.05, 3.63) is 88.6 Å². The third-order valence-corrected chi connectivity index (χ3v) is 7.88. The molecule has 0 bridgehead atoms. The van der Waals surface area contributed by atoms with E-state index in [9.17, 15) is 4.79 Å². The van der Waals surface area contributed by atoms with Crippen molar-refractivity contribution >= 4 is 35.3 Å². The summed E-state index contributed by atoms with van der Waals surface area (Å²) >= 11 is 1.59. The molecule has 1 amide bonds. The fraction of sp³-hybridized carbons (Fsp3) is 0.370. The van der Waals surface area contributed by atoms with E-state index in [0.717, 1.165) is 37.1 Å². The van der Waals surface area contributed by atoms with Crippen molar-refractivity contribution in [3.8, 4) is 0 Å². The van der Waals surface area contributed by atoms with Gasteiger partial charge < -0.3 is 9.80 Å². The van der Waals surface area contributed by atoms with Crippen LogP contribution in [0.2, 0.25) is 0 Å². The highest BCUT2D eigenvalue weighted by molar-refractivity contribution is 7.08. The highest BCUT2D eigenvalue weighted by atomic mass is 35.5. The Labute approximate surface area is 201 Å². The Bertz CT molecular complexity index is 977. The summed E-state index contributed by atoms with van der Waals surface area (Å²) in [4.78, 5) is 18.0. The quantitative estimate of drug-likeness (QED) is 0.425. The molecule has 5 heteroatoms. The summed E-state index contributed by atoms with van der Waals surface area (Å²) < 4.78 is 0. The molecule has 1 saturated heterocycles. The van der Waals surface area contributed by atoms with Crippen LogP contribution >= 0.6 is 23.7 Å². The number of rotatable bonds is 6. The summed E-state index contributed by atoms with van der Waals surface area (Å²) in [5.41, 5.74) is 3.69. The lowest BCUT2D eigenvalue weighted by Crippen LogP contribution is -2.56. The predicted molar refractivity (Wildman–Crippen MR) is 136 cm³/mol. The molecule has 0 atom stereocenters. The van der Waals surface area contributed by atoms with E-state index in [1.807, 2.05) is 35.0 Å². The summed E-state index contributed by atoms with van der Waals surface area (Å²) in [5, 5.41) is 3.96. The van der Waals surface area contributed by atoms with Gasteiger partial charge in [0.05, 0.1) is 5.56 Å². The van der Waals surface area contributed by atoms with Gasteiger partial charge in [-0.1, -0.05) is 48.5 Å². The Morgan fingerprint density at radius 1 is 0.969 bits per heavy atom. The van der Waals surface area contributed by atoms with E-state index in [1.54, 1.807) is 11.3 Å². The van der Waals surface area contributed by atoms with Crippen molar-refractivity contribution < 1.29 is 4.79 Å². The number of halogens is 1. The van der Waals surface area contributed by atoms with Crippen molar-refractivity contribution in [2.24, 2.45) is 5.41 Å². The first-order chi connectivity index (χ1) is 15.2. The van der Waals surface area contributed by atoms with Gasteiger partial charge in [-0.3, -0.25) is 4.79 Å². The van der Waals surface area contributed by atoms with E-state index in [-0.39, 0.29) is 18.3 Å². The molecule has 2 heterocycles. The fourth-order valence-electron chi connectivity index (χ4n) is 5.32. The molecule has 5 rings (SSSR count). The minimum atomic E-state index is 0. The number of carbonyl (C=O) groups is 1. The third-order valence-electron chi connectivity index (χ3n) is 7.20. The molecule has 1 aliphatic heterocycles.